The maximum absolute atomic E-state index is 13.3. The van der Waals surface area contributed by atoms with Crippen LogP contribution in [0.1, 0.15) is 30.9 Å². The molecule has 0 aliphatic rings. The second-order valence-corrected chi connectivity index (χ2v) is 4.07. The lowest BCUT2D eigenvalue weighted by Crippen LogP contribution is -2.21. The first-order valence-corrected chi connectivity index (χ1v) is 5.07. The highest BCUT2D eigenvalue weighted by molar-refractivity contribution is 5.27. The van der Waals surface area contributed by atoms with E-state index in [1.54, 1.807) is 32.1 Å². The van der Waals surface area contributed by atoms with E-state index in [4.69, 9.17) is 0 Å². The van der Waals surface area contributed by atoms with E-state index < -0.39 is 5.60 Å². The second kappa shape index (κ2) is 4.58. The van der Waals surface area contributed by atoms with E-state index in [1.807, 2.05) is 0 Å². The van der Waals surface area contributed by atoms with Gasteiger partial charge in [0.05, 0.1) is 5.60 Å². The third-order valence-corrected chi connectivity index (χ3v) is 2.63. The van der Waals surface area contributed by atoms with Gasteiger partial charge in [-0.2, -0.15) is 0 Å². The summed E-state index contributed by atoms with van der Waals surface area (Å²) in [6, 6.07) is 4.85. The molecule has 0 bridgehead atoms. The minimum Gasteiger partial charge on any atom is -0.385 e. The van der Waals surface area contributed by atoms with Gasteiger partial charge in [-0.05, 0) is 43.9 Å². The molecule has 0 saturated heterocycles. The first-order chi connectivity index (χ1) is 6.97. The molecule has 82 valence electrons. The summed E-state index contributed by atoms with van der Waals surface area (Å²) < 4.78 is 13.3. The van der Waals surface area contributed by atoms with Crippen LogP contribution in [0.4, 0.5) is 4.39 Å². The third kappa shape index (κ3) is 2.90. The lowest BCUT2D eigenvalue weighted by Gasteiger charge is -2.23. The van der Waals surface area contributed by atoms with Crippen LogP contribution in [0.15, 0.2) is 30.9 Å². The van der Waals surface area contributed by atoms with E-state index in [2.05, 4.69) is 6.58 Å². The number of benzene rings is 1. The van der Waals surface area contributed by atoms with Crippen molar-refractivity contribution in [1.82, 2.24) is 0 Å². The Kier molecular flexibility index (Phi) is 3.64. The van der Waals surface area contributed by atoms with Gasteiger partial charge in [-0.25, -0.2) is 4.39 Å². The summed E-state index contributed by atoms with van der Waals surface area (Å²) in [6.07, 6.45) is 3.01. The van der Waals surface area contributed by atoms with Crippen LogP contribution < -0.4 is 0 Å². The number of allylic oxidation sites excluding steroid dienone is 1. The molecule has 1 aromatic rings. The zero-order valence-electron chi connectivity index (χ0n) is 9.26. The summed E-state index contributed by atoms with van der Waals surface area (Å²) in [7, 11) is 0. The van der Waals surface area contributed by atoms with Crippen LogP contribution in [0.25, 0.3) is 0 Å². The number of hydrogen-bond donors (Lipinski definition) is 1. The Balaban J connectivity index is 2.93. The highest BCUT2D eigenvalue weighted by Gasteiger charge is 2.22. The van der Waals surface area contributed by atoms with Gasteiger partial charge in [0.2, 0.25) is 0 Å². The van der Waals surface area contributed by atoms with E-state index in [9.17, 15) is 9.50 Å². The van der Waals surface area contributed by atoms with Gasteiger partial charge in [-0.1, -0.05) is 18.2 Å². The summed E-state index contributed by atoms with van der Waals surface area (Å²) in [6.45, 7) is 7.00. The van der Waals surface area contributed by atoms with Crippen LogP contribution in [-0.2, 0) is 5.60 Å². The predicted molar refractivity (Wildman–Crippen MR) is 60.1 cm³/mol. The van der Waals surface area contributed by atoms with E-state index in [-0.39, 0.29) is 5.82 Å². The zero-order valence-corrected chi connectivity index (χ0v) is 9.26. The molecule has 1 rings (SSSR count). The molecular formula is C13H17FO. The normalized spacial score (nSPS) is 14.7. The van der Waals surface area contributed by atoms with E-state index in [0.717, 1.165) is 0 Å². The molecule has 0 saturated carbocycles. The van der Waals surface area contributed by atoms with Gasteiger partial charge in [-0.15, -0.1) is 6.58 Å². The molecule has 1 atom stereocenters. The average Bonchev–Trinajstić information content (AvgIpc) is 2.19. The molecule has 0 radical (unpaired) electrons. The lowest BCUT2D eigenvalue weighted by atomic mass is 9.90. The molecule has 1 N–H and O–H groups in total. The topological polar surface area (TPSA) is 20.2 Å². The van der Waals surface area contributed by atoms with Crippen LogP contribution in [0.5, 0.6) is 0 Å². The van der Waals surface area contributed by atoms with Gasteiger partial charge in [-0.3, -0.25) is 0 Å². The summed E-state index contributed by atoms with van der Waals surface area (Å²) in [5, 5.41) is 10.1. The van der Waals surface area contributed by atoms with E-state index >= 15 is 0 Å². The van der Waals surface area contributed by atoms with Crippen LogP contribution in [0.2, 0.25) is 0 Å². The highest BCUT2D eigenvalue weighted by atomic mass is 19.1. The van der Waals surface area contributed by atoms with Crippen molar-refractivity contribution < 1.29 is 9.50 Å². The molecule has 0 spiro atoms. The van der Waals surface area contributed by atoms with Crippen molar-refractivity contribution in [2.45, 2.75) is 32.3 Å². The molecule has 0 aliphatic heterocycles. The Morgan fingerprint density at radius 1 is 1.53 bits per heavy atom. The van der Waals surface area contributed by atoms with Crippen LogP contribution in [0, 0.1) is 12.7 Å². The van der Waals surface area contributed by atoms with Gasteiger partial charge in [0.15, 0.2) is 0 Å². The Bertz CT molecular complexity index is 356. The van der Waals surface area contributed by atoms with Gasteiger partial charge < -0.3 is 5.11 Å². The van der Waals surface area contributed by atoms with Gasteiger partial charge in [0, 0.05) is 0 Å². The molecule has 1 unspecified atom stereocenters. The van der Waals surface area contributed by atoms with Gasteiger partial charge in [0.25, 0.3) is 0 Å². The molecule has 0 aliphatic carbocycles. The van der Waals surface area contributed by atoms with Gasteiger partial charge >= 0.3 is 0 Å². The van der Waals surface area contributed by atoms with E-state index in [1.165, 1.54) is 6.07 Å². The van der Waals surface area contributed by atoms with Crippen LogP contribution in [-0.4, -0.2) is 5.11 Å². The van der Waals surface area contributed by atoms with Crippen LogP contribution >= 0.6 is 0 Å². The van der Waals surface area contributed by atoms with Crippen molar-refractivity contribution in [3.63, 3.8) is 0 Å². The fourth-order valence-corrected chi connectivity index (χ4v) is 1.46. The first-order valence-electron chi connectivity index (χ1n) is 5.07. The highest BCUT2D eigenvalue weighted by Crippen LogP contribution is 2.27. The number of hydrogen-bond acceptors (Lipinski definition) is 1. The van der Waals surface area contributed by atoms with Crippen molar-refractivity contribution in [3.05, 3.63) is 47.8 Å². The molecule has 1 nitrogen and oxygen atoms in total. The first kappa shape index (κ1) is 11.9. The number of aryl methyl sites for hydroxylation is 1. The van der Waals surface area contributed by atoms with Crippen LogP contribution in [0.3, 0.4) is 0 Å². The fraction of sp³-hybridized carbons (Fsp3) is 0.385. The van der Waals surface area contributed by atoms with Crippen molar-refractivity contribution in [1.29, 1.82) is 0 Å². The molecule has 0 fully saturated rings. The van der Waals surface area contributed by atoms with E-state index in [0.29, 0.717) is 24.0 Å². The second-order valence-electron chi connectivity index (χ2n) is 4.07. The minimum absolute atomic E-state index is 0.272. The third-order valence-electron chi connectivity index (χ3n) is 2.63. The number of aliphatic hydroxyl groups is 1. The molecule has 2 heteroatoms. The summed E-state index contributed by atoms with van der Waals surface area (Å²) in [5.74, 6) is -0.272. The monoisotopic (exact) mass is 208 g/mol. The van der Waals surface area contributed by atoms with Crippen molar-refractivity contribution in [3.8, 4) is 0 Å². The molecular weight excluding hydrogens is 191 g/mol. The molecule has 0 amide bonds. The molecule has 0 heterocycles. The smallest absolute Gasteiger partial charge is 0.126 e. The Morgan fingerprint density at radius 3 is 2.73 bits per heavy atom. The predicted octanol–water partition coefficient (Wildman–Crippen LogP) is 3.31. The Hall–Kier alpha value is -1.15. The fourth-order valence-electron chi connectivity index (χ4n) is 1.46. The summed E-state index contributed by atoms with van der Waals surface area (Å²) >= 11 is 0. The van der Waals surface area contributed by atoms with Crippen molar-refractivity contribution >= 4 is 0 Å². The number of rotatable bonds is 4. The molecule has 15 heavy (non-hydrogen) atoms. The maximum Gasteiger partial charge on any atom is 0.126 e. The van der Waals surface area contributed by atoms with Crippen molar-refractivity contribution in [2.24, 2.45) is 0 Å². The number of halogens is 1. The van der Waals surface area contributed by atoms with Crippen molar-refractivity contribution in [2.75, 3.05) is 0 Å². The largest absolute Gasteiger partial charge is 0.385 e. The Labute approximate surface area is 90.3 Å². The zero-order chi connectivity index (χ0) is 11.5. The SMILES string of the molecule is C=CCCC(C)(O)c1ccc(C)c(F)c1. The average molecular weight is 208 g/mol. The lowest BCUT2D eigenvalue weighted by molar-refractivity contribution is 0.0485. The quantitative estimate of drug-likeness (QED) is 0.753. The molecule has 0 aromatic heterocycles. The molecule has 1 aromatic carbocycles. The standard InChI is InChI=1S/C13H17FO/c1-4-5-8-13(3,15)11-7-6-10(2)12(14)9-11/h4,6-7,9,15H,1,5,8H2,2-3H3. The van der Waals surface area contributed by atoms with Gasteiger partial charge in [0.1, 0.15) is 5.82 Å². The minimum atomic E-state index is -0.983. The summed E-state index contributed by atoms with van der Waals surface area (Å²) in [5.41, 5.74) is 0.230. The summed E-state index contributed by atoms with van der Waals surface area (Å²) in [4.78, 5) is 0. The Morgan fingerprint density at radius 2 is 2.20 bits per heavy atom. The maximum atomic E-state index is 13.3.